The summed E-state index contributed by atoms with van der Waals surface area (Å²) < 4.78 is 0. The summed E-state index contributed by atoms with van der Waals surface area (Å²) in [7, 11) is 0. The van der Waals surface area contributed by atoms with E-state index in [1.165, 1.54) is 5.56 Å². The van der Waals surface area contributed by atoms with Crippen LogP contribution < -0.4 is 0 Å². The first-order chi connectivity index (χ1) is 5.13. The minimum absolute atomic E-state index is 0.423. The summed E-state index contributed by atoms with van der Waals surface area (Å²) in [5, 5.41) is 0. The molecule has 4 heteroatoms. The molecule has 0 aliphatic rings. The molecule has 1 rings (SSSR count). The predicted octanol–water partition coefficient (Wildman–Crippen LogP) is 4.45. The molecule has 0 aromatic heterocycles. The monoisotopic (exact) mass is 520 g/mol. The Kier molecular flexibility index (Phi) is 10.4. The summed E-state index contributed by atoms with van der Waals surface area (Å²) in [6.07, 6.45) is 0. The predicted molar refractivity (Wildman–Crippen MR) is 72.1 cm³/mol. The molecule has 0 unspecified atom stereocenters. The molecule has 0 nitrogen and oxygen atoms in total. The van der Waals surface area contributed by atoms with Crippen molar-refractivity contribution < 1.29 is 6.63 Å². The maximum atomic E-state index is 2.93. The summed E-state index contributed by atoms with van der Waals surface area (Å²) in [5.41, 5.74) is 1.29. The Morgan fingerprint density at radius 2 is 1.55 bits per heavy atom. The molecule has 0 aliphatic carbocycles. The molecule has 11 heavy (non-hydrogen) atoms. The molecule has 0 bridgehead atoms. The number of benzene rings is 1. The Morgan fingerprint density at radius 1 is 1.18 bits per heavy atom. The Labute approximate surface area is 105 Å². The Balaban J connectivity index is 0.000000218. The fourth-order valence-electron chi connectivity index (χ4n) is 0.470. The second-order valence-corrected chi connectivity index (χ2v) is 41.3. The zero-order valence-electron chi connectivity index (χ0n) is 5.94. The second kappa shape index (κ2) is 8.71. The van der Waals surface area contributed by atoms with Gasteiger partial charge in [-0.05, 0) is 0 Å². The summed E-state index contributed by atoms with van der Waals surface area (Å²) in [6, 6.07) is 10.8. The van der Waals surface area contributed by atoms with E-state index in [0.717, 1.165) is 0 Å². The molecule has 0 saturated carbocycles. The molecular weight excluding hydrogens is 513 g/mol. The van der Waals surface area contributed by atoms with Crippen LogP contribution in [0.5, 0.6) is 0 Å². The summed E-state index contributed by atoms with van der Waals surface area (Å²) in [6.45, 7) is 1.64. The van der Waals surface area contributed by atoms with Crippen molar-refractivity contribution in [3.8, 4) is 0 Å². The van der Waals surface area contributed by atoms with Gasteiger partial charge in [-0.1, -0.05) is 6.92 Å². The van der Waals surface area contributed by atoms with Crippen molar-refractivity contribution >= 4 is 57.6 Å². The van der Waals surface area contributed by atoms with Gasteiger partial charge in [-0.15, -0.1) is 0 Å². The summed E-state index contributed by atoms with van der Waals surface area (Å²) in [5.74, 6) is 0. The van der Waals surface area contributed by atoms with E-state index in [9.17, 15) is 0 Å². The van der Waals surface area contributed by atoms with Gasteiger partial charge in [0.05, 0.1) is 0 Å². The van der Waals surface area contributed by atoms with Crippen LogP contribution in [0.25, 0.3) is 0 Å². The van der Waals surface area contributed by atoms with Gasteiger partial charge in [-0.25, -0.2) is 0 Å². The van der Waals surface area contributed by atoms with Crippen molar-refractivity contribution in [1.29, 1.82) is 0 Å². The van der Waals surface area contributed by atoms with Gasteiger partial charge in [-0.2, -0.15) is 35.9 Å². The van der Waals surface area contributed by atoms with E-state index in [1.54, 1.807) is 0 Å². The Morgan fingerprint density at radius 3 is 1.73 bits per heavy atom. The van der Waals surface area contributed by atoms with Crippen LogP contribution in [0.3, 0.4) is 0 Å². The molecule has 1 aromatic carbocycles. The van der Waals surface area contributed by atoms with Crippen LogP contribution in [0.4, 0.5) is 0 Å². The molecule has 0 radical (unpaired) electrons. The van der Waals surface area contributed by atoms with Crippen LogP contribution >= 0.6 is 57.6 Å². The van der Waals surface area contributed by atoms with Crippen LogP contribution in [0, 0.1) is 13.0 Å². The maximum absolute atomic E-state index is 2.93. The van der Waals surface area contributed by atoms with Crippen molar-refractivity contribution in [3.05, 3.63) is 35.9 Å². The van der Waals surface area contributed by atoms with E-state index in [4.69, 9.17) is 0 Å². The molecule has 0 atom stereocenters. The number of hydrogen-bond acceptors (Lipinski definition) is 0. The van der Waals surface area contributed by atoms with Gasteiger partial charge in [0.15, 0.2) is 0 Å². The third kappa shape index (κ3) is 12.1. The van der Waals surface area contributed by atoms with E-state index < -0.39 is 6.63 Å². The van der Waals surface area contributed by atoms with Gasteiger partial charge in [0.25, 0.3) is 0 Å². The van der Waals surface area contributed by atoms with E-state index in [1.807, 2.05) is 24.3 Å². The summed E-state index contributed by atoms with van der Waals surface area (Å²) in [4.78, 5) is 0. The molecule has 0 heterocycles. The van der Waals surface area contributed by atoms with Gasteiger partial charge in [-0.3, -0.25) is 0 Å². The fourth-order valence-corrected chi connectivity index (χ4v) is 0.470. The zero-order valence-corrected chi connectivity index (χ0v) is 14.0. The third-order valence-corrected chi connectivity index (χ3v) is 0.885. The molecule has 0 spiro atoms. The average Bonchev–Trinajstić information content (AvgIpc) is 1.87. The topological polar surface area (TPSA) is 0 Å². The number of rotatable bonds is 0. The molecule has 0 fully saturated rings. The quantitative estimate of drug-likeness (QED) is 0.270. The van der Waals surface area contributed by atoms with Gasteiger partial charge in [0, 0.05) is 0 Å². The first-order valence-electron chi connectivity index (χ1n) is 2.89. The van der Waals surface area contributed by atoms with Crippen molar-refractivity contribution in [2.45, 2.75) is 6.92 Å². The van der Waals surface area contributed by atoms with E-state index in [2.05, 4.69) is 70.6 Å². The molecule has 0 N–H and O–H groups in total. The van der Waals surface area contributed by atoms with Crippen LogP contribution in [0.2, 0.25) is 0 Å². The molecule has 0 aliphatic heterocycles. The van der Waals surface area contributed by atoms with Crippen molar-refractivity contribution in [2.24, 2.45) is 0 Å². The molecular formula is C7H7I3Ti. The summed E-state index contributed by atoms with van der Waals surface area (Å²) >= 11 is 7.45. The third-order valence-electron chi connectivity index (χ3n) is 0.885. The Bertz CT molecular complexity index is 174. The molecule has 0 saturated heterocycles. The van der Waals surface area contributed by atoms with Gasteiger partial charge >= 0.3 is 64.2 Å². The van der Waals surface area contributed by atoms with Crippen LogP contribution in [0.1, 0.15) is 5.56 Å². The zero-order chi connectivity index (χ0) is 8.69. The molecule has 1 aromatic rings. The van der Waals surface area contributed by atoms with E-state index in [-0.39, 0.29) is 0 Å². The van der Waals surface area contributed by atoms with E-state index in [0.29, 0.717) is 0 Å². The van der Waals surface area contributed by atoms with Crippen molar-refractivity contribution in [1.82, 2.24) is 0 Å². The van der Waals surface area contributed by atoms with Crippen molar-refractivity contribution in [3.63, 3.8) is 0 Å². The first kappa shape index (κ1) is 13.1. The van der Waals surface area contributed by atoms with Gasteiger partial charge < -0.3 is 0 Å². The normalized spacial score (nSPS) is 8.00. The Hall–Kier alpha value is 2.12. The van der Waals surface area contributed by atoms with Crippen LogP contribution in [0.15, 0.2) is 24.3 Å². The van der Waals surface area contributed by atoms with Crippen molar-refractivity contribution in [2.75, 3.05) is 0 Å². The van der Waals surface area contributed by atoms with Crippen LogP contribution in [-0.4, -0.2) is 0 Å². The fraction of sp³-hybridized carbons (Fsp3) is 0.143. The minimum atomic E-state index is -0.423. The molecule has 60 valence electrons. The first-order valence-corrected chi connectivity index (χ1v) is 18.0. The SMILES string of the molecule is Cc1cc[c-]cc1.[I][Ti+]([I])[I]. The van der Waals surface area contributed by atoms with E-state index >= 15 is 0 Å². The molecule has 0 amide bonds. The van der Waals surface area contributed by atoms with Crippen LogP contribution in [-0.2, 0) is 6.63 Å². The van der Waals surface area contributed by atoms with Gasteiger partial charge in [0.2, 0.25) is 0 Å². The number of hydrogen-bond donors (Lipinski definition) is 0. The van der Waals surface area contributed by atoms with Gasteiger partial charge in [0.1, 0.15) is 0 Å². The number of halogens is 3. The standard InChI is InChI=1S/C7H7.3HI.Ti/c1-7-5-3-2-4-6-7;;;;/h3-6H,1H3;3*1H;/q-1;;;;+4/p-3. The second-order valence-electron chi connectivity index (χ2n) is 1.79. The number of aryl methyl sites for hydroxylation is 1. The average molecular weight is 520 g/mol.